The van der Waals surface area contributed by atoms with Crippen molar-refractivity contribution in [2.45, 2.75) is 31.1 Å². The molecule has 3 rings (SSSR count). The van der Waals surface area contributed by atoms with Crippen molar-refractivity contribution in [2.75, 3.05) is 17.8 Å². The SMILES string of the molecule is Cc1ccc(Cl)cc1S(=O)(=O)Nc1ccc(CC(=O)N2CCCC2)cc1. The van der Waals surface area contributed by atoms with Crippen LogP contribution in [0.4, 0.5) is 5.69 Å². The number of anilines is 1. The number of hydrogen-bond donors (Lipinski definition) is 1. The summed E-state index contributed by atoms with van der Waals surface area (Å²) in [6.45, 7) is 3.38. The molecule has 1 aliphatic heterocycles. The Morgan fingerprint density at radius 1 is 1.12 bits per heavy atom. The van der Waals surface area contributed by atoms with E-state index < -0.39 is 10.0 Å². The number of carbonyl (C=O) groups is 1. The van der Waals surface area contributed by atoms with Gasteiger partial charge in [0.15, 0.2) is 0 Å². The number of nitrogens with zero attached hydrogens (tertiary/aromatic N) is 1. The van der Waals surface area contributed by atoms with E-state index in [0.717, 1.165) is 31.5 Å². The number of sulfonamides is 1. The molecule has 1 fully saturated rings. The minimum Gasteiger partial charge on any atom is -0.342 e. The fraction of sp³-hybridized carbons (Fsp3) is 0.316. The maximum atomic E-state index is 12.6. The summed E-state index contributed by atoms with van der Waals surface area (Å²) in [5, 5.41) is 0.367. The molecule has 0 bridgehead atoms. The number of benzene rings is 2. The first kappa shape index (κ1) is 18.7. The van der Waals surface area contributed by atoms with Gasteiger partial charge < -0.3 is 4.90 Å². The summed E-state index contributed by atoms with van der Waals surface area (Å²) in [6.07, 6.45) is 2.46. The quantitative estimate of drug-likeness (QED) is 0.845. The van der Waals surface area contributed by atoms with Gasteiger partial charge in [-0.1, -0.05) is 29.8 Å². The standard InChI is InChI=1S/C19H21ClN2O3S/c1-14-4-7-16(20)13-18(14)26(24,25)21-17-8-5-15(6-9-17)12-19(23)22-10-2-3-11-22/h4-9,13,21H,2-3,10-12H2,1H3. The van der Waals surface area contributed by atoms with Crippen LogP contribution in [0.3, 0.4) is 0 Å². The summed E-state index contributed by atoms with van der Waals surface area (Å²) in [5.74, 6) is 0.116. The number of rotatable bonds is 5. The molecule has 138 valence electrons. The number of nitrogens with one attached hydrogen (secondary N) is 1. The zero-order valence-corrected chi connectivity index (χ0v) is 16.1. The average Bonchev–Trinajstić information content (AvgIpc) is 3.13. The maximum Gasteiger partial charge on any atom is 0.262 e. The van der Waals surface area contributed by atoms with Crippen molar-refractivity contribution >= 4 is 33.2 Å². The van der Waals surface area contributed by atoms with Gasteiger partial charge in [-0.2, -0.15) is 0 Å². The molecule has 1 aliphatic rings. The molecule has 2 aromatic rings. The number of carbonyl (C=O) groups excluding carboxylic acids is 1. The first-order valence-corrected chi connectivity index (χ1v) is 10.4. The summed E-state index contributed by atoms with van der Waals surface area (Å²) in [7, 11) is -3.73. The van der Waals surface area contributed by atoms with E-state index in [1.807, 2.05) is 4.90 Å². The van der Waals surface area contributed by atoms with E-state index in [-0.39, 0.29) is 10.8 Å². The predicted molar refractivity (Wildman–Crippen MR) is 103 cm³/mol. The Hall–Kier alpha value is -2.05. The van der Waals surface area contributed by atoms with E-state index in [1.54, 1.807) is 43.3 Å². The summed E-state index contributed by atoms with van der Waals surface area (Å²) in [4.78, 5) is 14.2. The van der Waals surface area contributed by atoms with Crippen LogP contribution in [0.5, 0.6) is 0 Å². The second-order valence-corrected chi connectivity index (χ2v) is 8.56. The zero-order valence-electron chi connectivity index (χ0n) is 14.5. The molecule has 0 unspecified atom stereocenters. The molecule has 5 nitrogen and oxygen atoms in total. The van der Waals surface area contributed by atoms with Gasteiger partial charge in [0.1, 0.15) is 0 Å². The molecule has 26 heavy (non-hydrogen) atoms. The highest BCUT2D eigenvalue weighted by Gasteiger charge is 2.19. The fourth-order valence-electron chi connectivity index (χ4n) is 3.02. The second kappa shape index (κ2) is 7.68. The van der Waals surface area contributed by atoms with Crippen molar-refractivity contribution in [1.29, 1.82) is 0 Å². The van der Waals surface area contributed by atoms with Crippen LogP contribution < -0.4 is 4.72 Å². The van der Waals surface area contributed by atoms with Gasteiger partial charge in [-0.05, 0) is 55.2 Å². The zero-order chi connectivity index (χ0) is 18.7. The smallest absolute Gasteiger partial charge is 0.262 e. The minimum atomic E-state index is -3.73. The molecular weight excluding hydrogens is 372 g/mol. The highest BCUT2D eigenvalue weighted by Crippen LogP contribution is 2.23. The van der Waals surface area contributed by atoms with Crippen LogP contribution in [0.15, 0.2) is 47.4 Å². The molecule has 1 N–H and O–H groups in total. The van der Waals surface area contributed by atoms with Gasteiger partial charge in [0.2, 0.25) is 5.91 Å². The van der Waals surface area contributed by atoms with E-state index in [4.69, 9.17) is 11.6 Å². The van der Waals surface area contributed by atoms with Crippen LogP contribution in [0, 0.1) is 6.92 Å². The third kappa shape index (κ3) is 4.37. The van der Waals surface area contributed by atoms with Gasteiger partial charge in [-0.25, -0.2) is 8.42 Å². The van der Waals surface area contributed by atoms with Gasteiger partial charge in [0.05, 0.1) is 11.3 Å². The van der Waals surface area contributed by atoms with Crippen molar-refractivity contribution in [3.05, 3.63) is 58.6 Å². The molecule has 0 atom stereocenters. The first-order chi connectivity index (χ1) is 12.3. The lowest BCUT2D eigenvalue weighted by molar-refractivity contribution is -0.129. The van der Waals surface area contributed by atoms with Gasteiger partial charge in [0.25, 0.3) is 10.0 Å². The third-order valence-electron chi connectivity index (χ3n) is 4.46. The summed E-state index contributed by atoms with van der Waals surface area (Å²) in [5.41, 5.74) is 1.93. The molecule has 0 saturated carbocycles. The average molecular weight is 393 g/mol. The molecule has 1 heterocycles. The Morgan fingerprint density at radius 3 is 2.42 bits per heavy atom. The third-order valence-corrected chi connectivity index (χ3v) is 6.22. The molecule has 1 saturated heterocycles. The maximum absolute atomic E-state index is 12.6. The van der Waals surface area contributed by atoms with Crippen molar-refractivity contribution in [2.24, 2.45) is 0 Å². The topological polar surface area (TPSA) is 66.5 Å². The van der Waals surface area contributed by atoms with E-state index in [0.29, 0.717) is 22.7 Å². The summed E-state index contributed by atoms with van der Waals surface area (Å²) in [6, 6.07) is 11.6. The molecular formula is C19H21ClN2O3S. The fourth-order valence-corrected chi connectivity index (χ4v) is 4.58. The Kier molecular flexibility index (Phi) is 5.53. The largest absolute Gasteiger partial charge is 0.342 e. The Labute approximate surface area is 159 Å². The van der Waals surface area contributed by atoms with E-state index >= 15 is 0 Å². The summed E-state index contributed by atoms with van der Waals surface area (Å²) < 4.78 is 27.7. The summed E-state index contributed by atoms with van der Waals surface area (Å²) >= 11 is 5.92. The molecule has 0 aromatic heterocycles. The van der Waals surface area contributed by atoms with E-state index in [1.165, 1.54) is 6.07 Å². The number of halogens is 1. The number of likely N-dealkylation sites (tertiary alicyclic amines) is 1. The molecule has 7 heteroatoms. The second-order valence-electron chi connectivity index (χ2n) is 6.48. The molecule has 0 aliphatic carbocycles. The van der Waals surface area contributed by atoms with Crippen LogP contribution in [0.25, 0.3) is 0 Å². The number of aryl methyl sites for hydroxylation is 1. The lowest BCUT2D eigenvalue weighted by atomic mass is 10.1. The molecule has 0 spiro atoms. The first-order valence-electron chi connectivity index (χ1n) is 8.51. The van der Waals surface area contributed by atoms with Crippen molar-refractivity contribution in [3.8, 4) is 0 Å². The van der Waals surface area contributed by atoms with Crippen molar-refractivity contribution in [3.63, 3.8) is 0 Å². The Balaban J connectivity index is 1.70. The van der Waals surface area contributed by atoms with Crippen molar-refractivity contribution < 1.29 is 13.2 Å². The number of hydrogen-bond acceptors (Lipinski definition) is 3. The highest BCUT2D eigenvalue weighted by atomic mass is 35.5. The Bertz CT molecular complexity index is 905. The lowest BCUT2D eigenvalue weighted by Crippen LogP contribution is -2.29. The van der Waals surface area contributed by atoms with E-state index in [9.17, 15) is 13.2 Å². The van der Waals surface area contributed by atoms with Crippen LogP contribution >= 0.6 is 11.6 Å². The van der Waals surface area contributed by atoms with Crippen LogP contribution in [-0.2, 0) is 21.2 Å². The highest BCUT2D eigenvalue weighted by molar-refractivity contribution is 7.92. The van der Waals surface area contributed by atoms with Gasteiger partial charge in [-0.3, -0.25) is 9.52 Å². The molecule has 0 radical (unpaired) electrons. The molecule has 1 amide bonds. The minimum absolute atomic E-state index is 0.116. The van der Waals surface area contributed by atoms with Gasteiger partial charge >= 0.3 is 0 Å². The van der Waals surface area contributed by atoms with Crippen LogP contribution in [-0.4, -0.2) is 32.3 Å². The van der Waals surface area contributed by atoms with Gasteiger partial charge in [-0.15, -0.1) is 0 Å². The lowest BCUT2D eigenvalue weighted by Gasteiger charge is -2.15. The van der Waals surface area contributed by atoms with Gasteiger partial charge in [0, 0.05) is 23.8 Å². The van der Waals surface area contributed by atoms with Crippen molar-refractivity contribution in [1.82, 2.24) is 4.90 Å². The Morgan fingerprint density at radius 2 is 1.77 bits per heavy atom. The monoisotopic (exact) mass is 392 g/mol. The predicted octanol–water partition coefficient (Wildman–Crippen LogP) is 3.61. The van der Waals surface area contributed by atoms with Crippen LogP contribution in [0.1, 0.15) is 24.0 Å². The number of amides is 1. The van der Waals surface area contributed by atoms with E-state index in [2.05, 4.69) is 4.72 Å². The normalized spacial score (nSPS) is 14.5. The van der Waals surface area contributed by atoms with Crippen LogP contribution in [0.2, 0.25) is 5.02 Å². The molecule has 2 aromatic carbocycles.